The lowest BCUT2D eigenvalue weighted by atomic mass is 10.1. The predicted octanol–water partition coefficient (Wildman–Crippen LogP) is 1.75. The molecule has 1 atom stereocenters. The molecule has 0 aromatic carbocycles. The van der Waals surface area contributed by atoms with Crippen LogP contribution in [-0.2, 0) is 4.79 Å². The summed E-state index contributed by atoms with van der Waals surface area (Å²) in [5.74, 6) is -1.05. The van der Waals surface area contributed by atoms with Crippen molar-refractivity contribution in [1.29, 1.82) is 0 Å². The zero-order valence-corrected chi connectivity index (χ0v) is 10.3. The monoisotopic (exact) mass is 280 g/mol. The molecule has 1 rings (SSSR count). The summed E-state index contributed by atoms with van der Waals surface area (Å²) in [5, 5.41) is 11.0. The van der Waals surface area contributed by atoms with Crippen LogP contribution in [0.3, 0.4) is 0 Å². The maximum atomic E-state index is 12.4. The second-order valence-electron chi connectivity index (χ2n) is 4.37. The smallest absolute Gasteiger partial charge is 0.412 e. The molecule has 0 aromatic rings. The minimum Gasteiger partial charge on any atom is -0.481 e. The van der Waals surface area contributed by atoms with Gasteiger partial charge in [-0.1, -0.05) is 6.08 Å². The summed E-state index contributed by atoms with van der Waals surface area (Å²) in [6.45, 7) is 1.37. The molecular formula is C11H15F3N2O3. The average molecular weight is 280 g/mol. The van der Waals surface area contributed by atoms with Crippen LogP contribution in [0.25, 0.3) is 0 Å². The van der Waals surface area contributed by atoms with Crippen LogP contribution in [0.1, 0.15) is 19.8 Å². The van der Waals surface area contributed by atoms with E-state index in [-0.39, 0.29) is 25.9 Å². The number of alkyl halides is 3. The van der Waals surface area contributed by atoms with Gasteiger partial charge in [0, 0.05) is 24.7 Å². The van der Waals surface area contributed by atoms with E-state index < -0.39 is 29.8 Å². The van der Waals surface area contributed by atoms with Crippen LogP contribution in [0.4, 0.5) is 18.0 Å². The van der Waals surface area contributed by atoms with Crippen molar-refractivity contribution < 1.29 is 27.9 Å². The number of halogens is 3. The first-order valence-corrected chi connectivity index (χ1v) is 5.73. The molecular weight excluding hydrogens is 265 g/mol. The number of carbonyl (C=O) groups excluding carboxylic acids is 1. The van der Waals surface area contributed by atoms with Crippen molar-refractivity contribution in [3.63, 3.8) is 0 Å². The number of carboxylic acids is 1. The van der Waals surface area contributed by atoms with Crippen molar-refractivity contribution in [3.8, 4) is 0 Å². The van der Waals surface area contributed by atoms with Crippen LogP contribution in [0.15, 0.2) is 11.6 Å². The second-order valence-corrected chi connectivity index (χ2v) is 4.37. The molecule has 0 fully saturated rings. The Morgan fingerprint density at radius 2 is 2.16 bits per heavy atom. The van der Waals surface area contributed by atoms with Gasteiger partial charge in [-0.3, -0.25) is 4.79 Å². The van der Waals surface area contributed by atoms with Crippen LogP contribution in [0.2, 0.25) is 0 Å². The third-order valence-corrected chi connectivity index (χ3v) is 2.71. The van der Waals surface area contributed by atoms with E-state index in [4.69, 9.17) is 5.11 Å². The first-order valence-electron chi connectivity index (χ1n) is 5.73. The molecule has 0 bridgehead atoms. The molecule has 0 aromatic heterocycles. The zero-order valence-electron chi connectivity index (χ0n) is 10.3. The highest BCUT2D eigenvalue weighted by molar-refractivity contribution is 5.76. The lowest BCUT2D eigenvalue weighted by Crippen LogP contribution is -2.46. The van der Waals surface area contributed by atoms with E-state index in [1.807, 2.05) is 0 Å². The van der Waals surface area contributed by atoms with E-state index in [2.05, 4.69) is 5.32 Å². The van der Waals surface area contributed by atoms with Gasteiger partial charge in [0.05, 0.1) is 6.42 Å². The van der Waals surface area contributed by atoms with Crippen molar-refractivity contribution in [3.05, 3.63) is 11.6 Å². The Labute approximate surface area is 108 Å². The summed E-state index contributed by atoms with van der Waals surface area (Å²) < 4.78 is 37.1. The number of nitrogens with one attached hydrogen (secondary N) is 1. The molecule has 1 unspecified atom stereocenters. The molecule has 8 heteroatoms. The van der Waals surface area contributed by atoms with Crippen molar-refractivity contribution in [1.82, 2.24) is 10.2 Å². The minimum atomic E-state index is -4.35. The highest BCUT2D eigenvalue weighted by atomic mass is 19.4. The van der Waals surface area contributed by atoms with Gasteiger partial charge < -0.3 is 15.3 Å². The van der Waals surface area contributed by atoms with Crippen LogP contribution in [0.5, 0.6) is 0 Å². The second kappa shape index (κ2) is 5.94. The Morgan fingerprint density at radius 1 is 1.53 bits per heavy atom. The van der Waals surface area contributed by atoms with Crippen LogP contribution in [-0.4, -0.2) is 47.3 Å². The van der Waals surface area contributed by atoms with Gasteiger partial charge in [-0.2, -0.15) is 13.2 Å². The van der Waals surface area contributed by atoms with E-state index in [0.29, 0.717) is 0 Å². The fraction of sp³-hybridized carbons (Fsp3) is 0.636. The van der Waals surface area contributed by atoms with Crippen LogP contribution in [0, 0.1) is 0 Å². The normalized spacial score (nSPS) is 17.7. The minimum absolute atomic E-state index is 0.0308. The SMILES string of the molecule is CC(CC(=O)O)NC(=O)N1CC=C(C(F)(F)F)CC1. The maximum absolute atomic E-state index is 12.4. The lowest BCUT2D eigenvalue weighted by molar-refractivity contribution is -0.137. The first-order chi connectivity index (χ1) is 8.70. The number of carbonyl (C=O) groups is 2. The number of amides is 2. The Morgan fingerprint density at radius 3 is 2.58 bits per heavy atom. The van der Waals surface area contributed by atoms with Gasteiger partial charge in [-0.05, 0) is 13.3 Å². The Kier molecular flexibility index (Phi) is 4.79. The van der Waals surface area contributed by atoms with Gasteiger partial charge in [-0.25, -0.2) is 4.79 Å². The summed E-state index contributed by atoms with van der Waals surface area (Å²) in [5.41, 5.74) is -0.630. The number of rotatable bonds is 3. The van der Waals surface area contributed by atoms with Crippen LogP contribution >= 0.6 is 0 Å². The molecule has 0 saturated carbocycles. The maximum Gasteiger partial charge on any atom is 0.412 e. The standard InChI is InChI=1S/C11H15F3N2O3/c1-7(6-9(17)18)15-10(19)16-4-2-8(3-5-16)11(12,13)14/h2,7H,3-6H2,1H3,(H,15,19)(H,17,18). The Hall–Kier alpha value is -1.73. The molecule has 5 nitrogen and oxygen atoms in total. The number of hydrogen-bond acceptors (Lipinski definition) is 2. The molecule has 0 radical (unpaired) electrons. The number of aliphatic carboxylic acids is 1. The number of urea groups is 1. The summed E-state index contributed by atoms with van der Waals surface area (Å²) in [4.78, 5) is 23.3. The van der Waals surface area contributed by atoms with Crippen LogP contribution < -0.4 is 5.32 Å². The molecule has 2 amide bonds. The quantitative estimate of drug-likeness (QED) is 0.774. The van der Waals surface area contributed by atoms with E-state index in [9.17, 15) is 22.8 Å². The third-order valence-electron chi connectivity index (χ3n) is 2.71. The van der Waals surface area contributed by atoms with Gasteiger partial charge in [0.25, 0.3) is 0 Å². The molecule has 1 heterocycles. The van der Waals surface area contributed by atoms with E-state index >= 15 is 0 Å². The number of nitrogens with zero attached hydrogens (tertiary/aromatic N) is 1. The third kappa shape index (κ3) is 4.80. The summed E-state index contributed by atoms with van der Waals surface area (Å²) in [7, 11) is 0. The van der Waals surface area contributed by atoms with Gasteiger partial charge in [0.15, 0.2) is 0 Å². The van der Waals surface area contributed by atoms with E-state index in [1.165, 1.54) is 11.8 Å². The van der Waals surface area contributed by atoms with E-state index in [0.717, 1.165) is 6.08 Å². The largest absolute Gasteiger partial charge is 0.481 e. The highest BCUT2D eigenvalue weighted by Gasteiger charge is 2.35. The topological polar surface area (TPSA) is 69.6 Å². The molecule has 0 saturated heterocycles. The molecule has 0 spiro atoms. The fourth-order valence-corrected chi connectivity index (χ4v) is 1.73. The van der Waals surface area contributed by atoms with Crippen molar-refractivity contribution in [2.75, 3.05) is 13.1 Å². The highest BCUT2D eigenvalue weighted by Crippen LogP contribution is 2.30. The predicted molar refractivity (Wildman–Crippen MR) is 60.6 cm³/mol. The molecule has 19 heavy (non-hydrogen) atoms. The first kappa shape index (κ1) is 15.3. The number of hydrogen-bond donors (Lipinski definition) is 2. The zero-order chi connectivity index (χ0) is 14.6. The van der Waals surface area contributed by atoms with Crippen molar-refractivity contribution in [2.45, 2.75) is 32.0 Å². The number of carboxylic acid groups (broad SMARTS) is 1. The fourth-order valence-electron chi connectivity index (χ4n) is 1.73. The molecule has 0 aliphatic carbocycles. The summed E-state index contributed by atoms with van der Waals surface area (Å²) in [6.07, 6.45) is -3.85. The lowest BCUT2D eigenvalue weighted by Gasteiger charge is -2.28. The molecule has 1 aliphatic rings. The van der Waals surface area contributed by atoms with Gasteiger partial charge >= 0.3 is 18.2 Å². The Bertz CT molecular complexity index is 393. The summed E-state index contributed by atoms with van der Waals surface area (Å²) >= 11 is 0. The van der Waals surface area contributed by atoms with Gasteiger partial charge in [0.1, 0.15) is 0 Å². The Balaban J connectivity index is 2.49. The summed E-state index contributed by atoms with van der Waals surface area (Å²) in [6, 6.07) is -1.12. The van der Waals surface area contributed by atoms with E-state index in [1.54, 1.807) is 0 Å². The van der Waals surface area contributed by atoms with Gasteiger partial charge in [0.2, 0.25) is 0 Å². The van der Waals surface area contributed by atoms with Crippen molar-refractivity contribution >= 4 is 12.0 Å². The molecule has 1 aliphatic heterocycles. The molecule has 108 valence electrons. The van der Waals surface area contributed by atoms with Crippen molar-refractivity contribution in [2.24, 2.45) is 0 Å². The van der Waals surface area contributed by atoms with Gasteiger partial charge in [-0.15, -0.1) is 0 Å². The average Bonchev–Trinajstić information content (AvgIpc) is 2.26. The molecule has 2 N–H and O–H groups in total.